The van der Waals surface area contributed by atoms with Gasteiger partial charge in [0.05, 0.1) is 31.4 Å². The zero-order chi connectivity index (χ0) is 49.0. The number of ether oxygens (including phenoxy) is 3. The van der Waals surface area contributed by atoms with Gasteiger partial charge in [-0.3, -0.25) is 34.0 Å². The Hall–Kier alpha value is -6.10. The number of rotatable bonds is 12. The fourth-order valence-electron chi connectivity index (χ4n) is 10.3. The van der Waals surface area contributed by atoms with Gasteiger partial charge in [-0.25, -0.2) is 5.43 Å². The largest absolute Gasteiger partial charge is 0.508 e. The van der Waals surface area contributed by atoms with E-state index in [1.54, 1.807) is 38.3 Å². The number of likely N-dealkylation sites (N-methyl/N-ethyl adjacent to an activating group) is 1. The van der Waals surface area contributed by atoms with Crippen LogP contribution in [0.4, 0.5) is 0 Å². The number of hydrogen-bond donors (Lipinski definition) is 3. The molecular weight excluding hydrogens is 867 g/mol. The van der Waals surface area contributed by atoms with E-state index in [1.165, 1.54) is 16.0 Å². The number of carbonyl (C=O) groups excluding carboxylic acids is 5. The lowest BCUT2D eigenvalue weighted by molar-refractivity contribution is -0.155. The third-order valence-corrected chi connectivity index (χ3v) is 13.5. The lowest BCUT2D eigenvalue weighted by Gasteiger charge is -2.37. The summed E-state index contributed by atoms with van der Waals surface area (Å²) in [6, 6.07) is 8.45. The van der Waals surface area contributed by atoms with Crippen molar-refractivity contribution in [1.29, 1.82) is 0 Å². The number of esters is 1. The first-order valence-corrected chi connectivity index (χ1v) is 23.6. The molecule has 6 bridgehead atoms. The number of hydrogen-bond acceptors (Lipinski definition) is 11. The number of aromatic hydroxyl groups is 1. The van der Waals surface area contributed by atoms with Crippen LogP contribution in [0.2, 0.25) is 0 Å². The quantitative estimate of drug-likeness (QED) is 0.120. The number of methoxy groups -OCH3 is 2. The fourth-order valence-corrected chi connectivity index (χ4v) is 10.3. The minimum Gasteiger partial charge on any atom is -0.508 e. The Labute approximate surface area is 398 Å². The van der Waals surface area contributed by atoms with E-state index in [4.69, 9.17) is 14.2 Å². The smallest absolute Gasteiger partial charge is 0.324 e. The highest BCUT2D eigenvalue weighted by Gasteiger charge is 2.40. The number of carbonyl (C=O) groups is 5. The highest BCUT2D eigenvalue weighted by molar-refractivity contribution is 5.97. The van der Waals surface area contributed by atoms with Crippen molar-refractivity contribution in [3.8, 4) is 28.1 Å². The van der Waals surface area contributed by atoms with Gasteiger partial charge in [0, 0.05) is 99.3 Å². The number of fused-ring (bicyclic) bond motifs is 6. The molecular formula is C52H67N7O9. The number of cyclic esters (lactones) is 1. The van der Waals surface area contributed by atoms with E-state index in [0.717, 1.165) is 44.4 Å². The third kappa shape index (κ3) is 10.5. The number of pyridine rings is 1. The van der Waals surface area contributed by atoms with E-state index < -0.39 is 47.2 Å². The second-order valence-corrected chi connectivity index (χ2v) is 19.5. The highest BCUT2D eigenvalue weighted by Crippen LogP contribution is 2.43. The van der Waals surface area contributed by atoms with E-state index in [1.807, 2.05) is 38.4 Å². The molecule has 16 heteroatoms. The SMILES string of the molecule is C=CC(=O)N1CC[C@H](C(=O)N(C)C(C(=O)N[C@H]2Cc3cc(O)cc(c3)-c3ccc4c(c3)c(c(-c3c(COC)cncc3COC)n4CC)CC(C)(C)COC(=O)[C@@H]3CCCN(N3)C2=O)C(C)C)C1. The first-order valence-electron chi connectivity index (χ1n) is 23.6. The first kappa shape index (κ1) is 49.8. The molecule has 0 aliphatic carbocycles. The summed E-state index contributed by atoms with van der Waals surface area (Å²) in [7, 11) is 4.90. The zero-order valence-electron chi connectivity index (χ0n) is 40.7. The van der Waals surface area contributed by atoms with Crippen molar-refractivity contribution < 1.29 is 43.3 Å². The summed E-state index contributed by atoms with van der Waals surface area (Å²) in [6.07, 6.45) is 6.76. The molecule has 4 atom stereocenters. The maximum absolute atomic E-state index is 14.7. The van der Waals surface area contributed by atoms with Crippen molar-refractivity contribution in [2.75, 3.05) is 47.5 Å². The van der Waals surface area contributed by atoms with Gasteiger partial charge in [0.2, 0.25) is 17.7 Å². The summed E-state index contributed by atoms with van der Waals surface area (Å²) in [5.41, 5.74) is 10.5. The molecule has 0 spiro atoms. The van der Waals surface area contributed by atoms with Crippen LogP contribution in [0, 0.1) is 17.3 Å². The van der Waals surface area contributed by atoms with Crippen LogP contribution in [0.3, 0.4) is 0 Å². The van der Waals surface area contributed by atoms with Crippen molar-refractivity contribution in [1.82, 2.24) is 35.1 Å². The van der Waals surface area contributed by atoms with E-state index >= 15 is 0 Å². The number of nitrogens with one attached hydrogen (secondary N) is 2. The monoisotopic (exact) mass is 934 g/mol. The van der Waals surface area contributed by atoms with Gasteiger partial charge in [0.25, 0.3) is 5.91 Å². The summed E-state index contributed by atoms with van der Waals surface area (Å²) >= 11 is 0. The van der Waals surface area contributed by atoms with Gasteiger partial charge in [0.15, 0.2) is 0 Å². The van der Waals surface area contributed by atoms with Gasteiger partial charge in [-0.05, 0) is 91.1 Å². The second-order valence-electron chi connectivity index (χ2n) is 19.5. The zero-order valence-corrected chi connectivity index (χ0v) is 40.7. The maximum atomic E-state index is 14.7. The van der Waals surface area contributed by atoms with Crippen LogP contribution in [0.1, 0.15) is 76.1 Å². The topological polar surface area (TPSA) is 185 Å². The molecule has 4 aromatic rings. The van der Waals surface area contributed by atoms with Crippen LogP contribution in [0.25, 0.3) is 33.3 Å². The Morgan fingerprint density at radius 3 is 2.43 bits per heavy atom. The number of benzene rings is 2. The summed E-state index contributed by atoms with van der Waals surface area (Å²) < 4.78 is 19.8. The Morgan fingerprint density at radius 1 is 1.04 bits per heavy atom. The molecule has 3 aliphatic rings. The Morgan fingerprint density at radius 2 is 1.76 bits per heavy atom. The number of aromatic nitrogens is 2. The van der Waals surface area contributed by atoms with Gasteiger partial charge in [-0.15, -0.1) is 0 Å². The van der Waals surface area contributed by atoms with E-state index in [-0.39, 0.29) is 49.6 Å². The highest BCUT2D eigenvalue weighted by atomic mass is 16.5. The predicted octanol–water partition coefficient (Wildman–Crippen LogP) is 5.55. The van der Waals surface area contributed by atoms with Crippen molar-refractivity contribution >= 4 is 40.5 Å². The Kier molecular flexibility index (Phi) is 15.4. The number of phenols is 1. The van der Waals surface area contributed by atoms with Crippen LogP contribution in [0.15, 0.2) is 61.4 Å². The van der Waals surface area contributed by atoms with Crippen LogP contribution in [-0.4, -0.2) is 125 Å². The molecule has 0 radical (unpaired) electrons. The predicted molar refractivity (Wildman–Crippen MR) is 258 cm³/mol. The third-order valence-electron chi connectivity index (χ3n) is 13.5. The van der Waals surface area contributed by atoms with Crippen molar-refractivity contribution in [3.05, 3.63) is 83.7 Å². The molecule has 2 aromatic carbocycles. The fraction of sp³-hybridized carbons (Fsp3) is 0.500. The van der Waals surface area contributed by atoms with Gasteiger partial charge in [-0.2, -0.15) is 0 Å². The minimum atomic E-state index is -1.17. The van der Waals surface area contributed by atoms with Crippen molar-refractivity contribution in [2.45, 2.75) is 105 Å². The summed E-state index contributed by atoms with van der Waals surface area (Å²) in [5.74, 6) is -2.91. The molecule has 2 fully saturated rings. The number of nitrogens with zero attached hydrogens (tertiary/aromatic N) is 5. The number of likely N-dealkylation sites (tertiary alicyclic amines) is 1. The normalized spacial score (nSPS) is 20.2. The van der Waals surface area contributed by atoms with Crippen LogP contribution < -0.4 is 10.7 Å². The summed E-state index contributed by atoms with van der Waals surface area (Å²) in [6.45, 7) is 15.8. The molecule has 1 unspecified atom stereocenters. The average molecular weight is 934 g/mol. The van der Waals surface area contributed by atoms with Crippen LogP contribution in [-0.2, 0) is 70.8 Å². The molecule has 364 valence electrons. The molecule has 68 heavy (non-hydrogen) atoms. The van der Waals surface area contributed by atoms with E-state index in [0.29, 0.717) is 63.1 Å². The Balaban J connectivity index is 1.33. The van der Waals surface area contributed by atoms with Crippen molar-refractivity contribution in [3.63, 3.8) is 0 Å². The van der Waals surface area contributed by atoms with Gasteiger partial charge in [0.1, 0.15) is 23.9 Å². The van der Waals surface area contributed by atoms with Crippen molar-refractivity contribution in [2.24, 2.45) is 17.3 Å². The minimum absolute atomic E-state index is 0.0202. The number of hydrazine groups is 1. The van der Waals surface area contributed by atoms with Gasteiger partial charge < -0.3 is 39.0 Å². The number of aryl methyl sites for hydroxylation is 1. The molecule has 0 saturated carbocycles. The number of phenolic OH excluding ortho intramolecular Hbond substituents is 1. The van der Waals surface area contributed by atoms with Crippen LogP contribution in [0.5, 0.6) is 5.75 Å². The molecule has 5 heterocycles. The summed E-state index contributed by atoms with van der Waals surface area (Å²) in [4.78, 5) is 77.1. The van der Waals surface area contributed by atoms with Gasteiger partial charge in [-0.1, -0.05) is 46.4 Å². The first-order chi connectivity index (χ1) is 32.5. The van der Waals surface area contributed by atoms with E-state index in [9.17, 15) is 29.1 Å². The Bertz CT molecular complexity index is 2540. The molecule has 2 aromatic heterocycles. The summed E-state index contributed by atoms with van der Waals surface area (Å²) in [5, 5.41) is 16.7. The maximum Gasteiger partial charge on any atom is 0.324 e. The molecule has 16 nitrogen and oxygen atoms in total. The second kappa shape index (κ2) is 21.0. The van der Waals surface area contributed by atoms with Crippen LogP contribution >= 0.6 is 0 Å². The molecule has 7 rings (SSSR count). The molecule has 2 saturated heterocycles. The number of amides is 4. The molecule has 3 N–H and O–H groups in total. The lowest BCUT2D eigenvalue weighted by atomic mass is 9.83. The standard InChI is InChI=1S/C52H67N7O9/c1-10-44(61)57-18-16-34(27-57)49(63)56(7)46(31(3)4)48(62)54-42-21-32-19-35(22-38(60)20-32)33-14-15-43-39(23-33)40(24-52(5,6)30-68-51(65)41-13-12-17-59(55-41)50(42)64)47(58(43)11-2)45-36(28-66-8)25-53-26-37(45)29-67-9/h10,14-15,19-20,22-23,25-26,31,34,41-42,46,55,60H,1,11-13,16-18,21,24,27-30H2,2-9H3,(H,54,62)/t34-,41-,42-,46?/m0/s1. The molecule has 3 aliphatic heterocycles. The average Bonchev–Trinajstić information content (AvgIpc) is 3.92. The lowest BCUT2D eigenvalue weighted by Crippen LogP contribution is -2.62. The van der Waals surface area contributed by atoms with Gasteiger partial charge >= 0.3 is 5.97 Å². The molecule has 4 amide bonds. The van der Waals surface area contributed by atoms with E-state index in [2.05, 4.69) is 59.8 Å².